The SMILES string of the molecule is COc1c(C(=O)C(C)N)ccc2sccc12. The van der Waals surface area contributed by atoms with Crippen molar-refractivity contribution in [2.45, 2.75) is 13.0 Å². The minimum atomic E-state index is -0.509. The number of Topliss-reactive ketones (excluding diaryl/α,β-unsaturated/α-hetero) is 1. The lowest BCUT2D eigenvalue weighted by Gasteiger charge is -2.10. The van der Waals surface area contributed by atoms with Crippen LogP contribution in [0.4, 0.5) is 0 Å². The second-order valence-corrected chi connectivity index (χ2v) is 4.58. The Bertz CT molecular complexity index is 531. The summed E-state index contributed by atoms with van der Waals surface area (Å²) in [5.41, 5.74) is 6.17. The molecule has 16 heavy (non-hydrogen) atoms. The van der Waals surface area contributed by atoms with Gasteiger partial charge in [0.25, 0.3) is 0 Å². The summed E-state index contributed by atoms with van der Waals surface area (Å²) in [5, 5.41) is 2.95. The second-order valence-electron chi connectivity index (χ2n) is 3.63. The molecule has 0 spiro atoms. The maximum atomic E-state index is 11.9. The van der Waals surface area contributed by atoms with Crippen LogP contribution in [0.15, 0.2) is 23.6 Å². The van der Waals surface area contributed by atoms with E-state index in [9.17, 15) is 4.79 Å². The Morgan fingerprint density at radius 2 is 2.19 bits per heavy atom. The van der Waals surface area contributed by atoms with Gasteiger partial charge in [-0.3, -0.25) is 4.79 Å². The summed E-state index contributed by atoms with van der Waals surface area (Å²) in [6.45, 7) is 1.68. The van der Waals surface area contributed by atoms with Gasteiger partial charge in [-0.05, 0) is 30.5 Å². The van der Waals surface area contributed by atoms with E-state index in [4.69, 9.17) is 10.5 Å². The third-order valence-corrected chi connectivity index (χ3v) is 3.35. The quantitative estimate of drug-likeness (QED) is 0.831. The van der Waals surface area contributed by atoms with Crippen molar-refractivity contribution in [1.29, 1.82) is 0 Å². The first kappa shape index (κ1) is 11.1. The number of hydrogen-bond acceptors (Lipinski definition) is 4. The number of hydrogen-bond donors (Lipinski definition) is 1. The molecular weight excluding hydrogens is 222 g/mol. The van der Waals surface area contributed by atoms with Crippen LogP contribution in [0.3, 0.4) is 0 Å². The molecule has 2 rings (SSSR count). The Labute approximate surface area is 97.8 Å². The summed E-state index contributed by atoms with van der Waals surface area (Å²) in [4.78, 5) is 11.9. The average molecular weight is 235 g/mol. The number of carbonyl (C=O) groups is 1. The lowest BCUT2D eigenvalue weighted by molar-refractivity contribution is 0.0965. The zero-order valence-electron chi connectivity index (χ0n) is 9.19. The Morgan fingerprint density at radius 1 is 1.44 bits per heavy atom. The fourth-order valence-electron chi connectivity index (χ4n) is 1.68. The number of fused-ring (bicyclic) bond motifs is 1. The van der Waals surface area contributed by atoms with Crippen LogP contribution in [0, 0.1) is 0 Å². The summed E-state index contributed by atoms with van der Waals surface area (Å²) < 4.78 is 6.43. The van der Waals surface area contributed by atoms with Gasteiger partial charge in [-0.15, -0.1) is 11.3 Å². The number of benzene rings is 1. The van der Waals surface area contributed by atoms with Crippen molar-refractivity contribution in [3.05, 3.63) is 29.1 Å². The summed E-state index contributed by atoms with van der Waals surface area (Å²) in [5.74, 6) is 0.533. The van der Waals surface area contributed by atoms with Gasteiger partial charge in [0.15, 0.2) is 5.78 Å². The highest BCUT2D eigenvalue weighted by molar-refractivity contribution is 7.17. The van der Waals surface area contributed by atoms with Gasteiger partial charge in [0.2, 0.25) is 0 Å². The fraction of sp³-hybridized carbons (Fsp3) is 0.250. The van der Waals surface area contributed by atoms with E-state index in [1.807, 2.05) is 17.5 Å². The van der Waals surface area contributed by atoms with E-state index in [1.165, 1.54) is 0 Å². The lowest BCUT2D eigenvalue weighted by Crippen LogP contribution is -2.27. The summed E-state index contributed by atoms with van der Waals surface area (Å²) >= 11 is 1.62. The molecule has 0 fully saturated rings. The van der Waals surface area contributed by atoms with Gasteiger partial charge in [0, 0.05) is 10.1 Å². The fourth-order valence-corrected chi connectivity index (χ4v) is 2.46. The van der Waals surface area contributed by atoms with Crippen LogP contribution in [0.1, 0.15) is 17.3 Å². The zero-order chi connectivity index (χ0) is 11.7. The molecule has 0 aliphatic rings. The van der Waals surface area contributed by atoms with Crippen LogP contribution >= 0.6 is 11.3 Å². The second kappa shape index (κ2) is 4.23. The number of ether oxygens (including phenoxy) is 1. The van der Waals surface area contributed by atoms with Crippen molar-refractivity contribution in [2.24, 2.45) is 5.73 Å². The van der Waals surface area contributed by atoms with Gasteiger partial charge in [-0.1, -0.05) is 0 Å². The van der Waals surface area contributed by atoms with Crippen LogP contribution in [-0.2, 0) is 0 Å². The minimum absolute atomic E-state index is 0.0926. The van der Waals surface area contributed by atoms with Crippen molar-refractivity contribution in [1.82, 2.24) is 0 Å². The molecule has 0 saturated heterocycles. The van der Waals surface area contributed by atoms with Gasteiger partial charge in [-0.25, -0.2) is 0 Å². The monoisotopic (exact) mass is 235 g/mol. The number of methoxy groups -OCH3 is 1. The molecule has 3 nitrogen and oxygen atoms in total. The molecule has 0 aliphatic heterocycles. The molecule has 1 aromatic carbocycles. The van der Waals surface area contributed by atoms with Crippen LogP contribution in [0.5, 0.6) is 5.75 Å². The highest BCUT2D eigenvalue weighted by Gasteiger charge is 2.18. The third kappa shape index (κ3) is 1.70. The van der Waals surface area contributed by atoms with Crippen molar-refractivity contribution >= 4 is 27.2 Å². The molecule has 0 aliphatic carbocycles. The van der Waals surface area contributed by atoms with Crippen molar-refractivity contribution in [3.63, 3.8) is 0 Å². The van der Waals surface area contributed by atoms with Gasteiger partial charge in [0.1, 0.15) is 5.75 Å². The van der Waals surface area contributed by atoms with E-state index in [2.05, 4.69) is 0 Å². The molecule has 0 bridgehead atoms. The number of rotatable bonds is 3. The topological polar surface area (TPSA) is 52.3 Å². The summed E-state index contributed by atoms with van der Waals surface area (Å²) in [7, 11) is 1.57. The molecule has 2 aromatic rings. The first-order chi connectivity index (χ1) is 7.65. The molecule has 0 radical (unpaired) electrons. The molecule has 0 saturated carbocycles. The van der Waals surface area contributed by atoms with Crippen LogP contribution in [0.2, 0.25) is 0 Å². The molecule has 4 heteroatoms. The lowest BCUT2D eigenvalue weighted by atomic mass is 10.0. The molecule has 2 N–H and O–H groups in total. The molecule has 1 atom stereocenters. The highest BCUT2D eigenvalue weighted by atomic mass is 32.1. The van der Waals surface area contributed by atoms with Gasteiger partial charge < -0.3 is 10.5 Å². The standard InChI is InChI=1S/C12H13NO2S/c1-7(13)11(14)9-3-4-10-8(5-6-16-10)12(9)15-2/h3-7H,13H2,1-2H3. The molecule has 0 amide bonds. The first-order valence-electron chi connectivity index (χ1n) is 4.99. The van der Waals surface area contributed by atoms with Gasteiger partial charge in [0.05, 0.1) is 18.7 Å². The van der Waals surface area contributed by atoms with Crippen LogP contribution in [0.25, 0.3) is 10.1 Å². The van der Waals surface area contributed by atoms with Gasteiger partial charge >= 0.3 is 0 Å². The maximum absolute atomic E-state index is 11.9. The maximum Gasteiger partial charge on any atom is 0.182 e. The van der Waals surface area contributed by atoms with Crippen LogP contribution in [-0.4, -0.2) is 18.9 Å². The first-order valence-corrected chi connectivity index (χ1v) is 5.87. The predicted octanol–water partition coefficient (Wildman–Crippen LogP) is 2.44. The number of carbonyl (C=O) groups excluding carboxylic acids is 1. The summed E-state index contributed by atoms with van der Waals surface area (Å²) in [6.07, 6.45) is 0. The molecule has 1 aromatic heterocycles. The Hall–Kier alpha value is -1.39. The van der Waals surface area contributed by atoms with E-state index >= 15 is 0 Å². The van der Waals surface area contributed by atoms with Crippen molar-refractivity contribution < 1.29 is 9.53 Å². The number of nitrogens with two attached hydrogens (primary N) is 1. The van der Waals surface area contributed by atoms with Gasteiger partial charge in [-0.2, -0.15) is 0 Å². The summed E-state index contributed by atoms with van der Waals surface area (Å²) in [6, 6.07) is 5.16. The number of ketones is 1. The number of thiophene rings is 1. The predicted molar refractivity (Wildman–Crippen MR) is 66.4 cm³/mol. The largest absolute Gasteiger partial charge is 0.495 e. The zero-order valence-corrected chi connectivity index (χ0v) is 10.0. The minimum Gasteiger partial charge on any atom is -0.495 e. The van der Waals surface area contributed by atoms with Crippen molar-refractivity contribution in [3.8, 4) is 5.75 Å². The van der Waals surface area contributed by atoms with Crippen LogP contribution < -0.4 is 10.5 Å². The molecule has 84 valence electrons. The van der Waals surface area contributed by atoms with E-state index in [1.54, 1.807) is 31.4 Å². The average Bonchev–Trinajstić information content (AvgIpc) is 2.74. The third-order valence-electron chi connectivity index (χ3n) is 2.47. The highest BCUT2D eigenvalue weighted by Crippen LogP contribution is 2.33. The Kier molecular flexibility index (Phi) is 2.94. The van der Waals surface area contributed by atoms with E-state index in [-0.39, 0.29) is 5.78 Å². The Balaban J connectivity index is 2.65. The molecule has 1 heterocycles. The molecular formula is C12H13NO2S. The van der Waals surface area contributed by atoms with E-state index < -0.39 is 6.04 Å². The van der Waals surface area contributed by atoms with E-state index in [0.717, 1.165) is 10.1 Å². The normalized spacial score (nSPS) is 12.7. The molecule has 1 unspecified atom stereocenters. The van der Waals surface area contributed by atoms with E-state index in [0.29, 0.717) is 11.3 Å². The van der Waals surface area contributed by atoms with Crippen molar-refractivity contribution in [2.75, 3.05) is 7.11 Å². The Morgan fingerprint density at radius 3 is 2.81 bits per heavy atom. The smallest absolute Gasteiger partial charge is 0.182 e.